The van der Waals surface area contributed by atoms with Crippen molar-refractivity contribution in [3.8, 4) is 5.75 Å². The van der Waals surface area contributed by atoms with Gasteiger partial charge in [0, 0.05) is 67.4 Å². The lowest BCUT2D eigenvalue weighted by atomic mass is 10.1. The molecule has 0 radical (unpaired) electrons. The summed E-state index contributed by atoms with van der Waals surface area (Å²) >= 11 is 1.45. The van der Waals surface area contributed by atoms with Gasteiger partial charge >= 0.3 is 0 Å². The van der Waals surface area contributed by atoms with Crippen LogP contribution < -0.4 is 10.3 Å². The molecule has 0 spiro atoms. The average Bonchev–Trinajstić information content (AvgIpc) is 3.41. The van der Waals surface area contributed by atoms with E-state index in [4.69, 9.17) is 9.15 Å². The number of furan rings is 1. The molecule has 4 aromatic rings. The molecule has 31 heavy (non-hydrogen) atoms. The molecule has 1 aliphatic rings. The number of ether oxygens (including phenoxy) is 1. The number of rotatable bonds is 5. The summed E-state index contributed by atoms with van der Waals surface area (Å²) in [7, 11) is 1.61. The van der Waals surface area contributed by atoms with Gasteiger partial charge in [0.05, 0.1) is 25.5 Å². The van der Waals surface area contributed by atoms with Gasteiger partial charge in [-0.25, -0.2) is 4.98 Å². The first-order valence-corrected chi connectivity index (χ1v) is 11.0. The zero-order valence-corrected chi connectivity index (χ0v) is 17.9. The molecule has 0 bridgehead atoms. The van der Waals surface area contributed by atoms with Gasteiger partial charge in [-0.15, -0.1) is 11.3 Å². The van der Waals surface area contributed by atoms with Crippen LogP contribution in [0.2, 0.25) is 0 Å². The van der Waals surface area contributed by atoms with Crippen LogP contribution in [0.1, 0.15) is 11.3 Å². The van der Waals surface area contributed by atoms with E-state index in [0.717, 1.165) is 41.1 Å². The largest absolute Gasteiger partial charge is 0.497 e. The van der Waals surface area contributed by atoms with Gasteiger partial charge in [-0.2, -0.15) is 0 Å². The Morgan fingerprint density at radius 2 is 2.06 bits per heavy atom. The van der Waals surface area contributed by atoms with Crippen LogP contribution in [0, 0.1) is 0 Å². The molecule has 0 aliphatic carbocycles. The molecular formula is C22H22N4O4S. The Bertz CT molecular complexity index is 1300. The number of aromatic nitrogens is 2. The Morgan fingerprint density at radius 1 is 1.23 bits per heavy atom. The summed E-state index contributed by atoms with van der Waals surface area (Å²) in [5, 5.41) is 2.80. The van der Waals surface area contributed by atoms with E-state index >= 15 is 0 Å². The summed E-state index contributed by atoms with van der Waals surface area (Å²) in [5.74, 6) is 0.820. The third-order valence-corrected chi connectivity index (χ3v) is 6.43. The Labute approximate surface area is 182 Å². The molecule has 3 aromatic heterocycles. The molecule has 1 fully saturated rings. The lowest BCUT2D eigenvalue weighted by Gasteiger charge is -2.34. The lowest BCUT2D eigenvalue weighted by molar-refractivity contribution is -0.132. The molecule has 0 atom stereocenters. The SMILES string of the molecule is COc1ccc2c(CC(=O)N3CCN(Cc4cc(=O)n5ccsc5n4)CC3)coc2c1. The number of amides is 1. The van der Waals surface area contributed by atoms with Crippen LogP contribution in [0.3, 0.4) is 0 Å². The van der Waals surface area contributed by atoms with Gasteiger partial charge in [0.15, 0.2) is 4.96 Å². The molecule has 160 valence electrons. The van der Waals surface area contributed by atoms with E-state index in [1.807, 2.05) is 28.5 Å². The van der Waals surface area contributed by atoms with Crippen LogP contribution in [-0.2, 0) is 17.8 Å². The second kappa shape index (κ2) is 8.16. The van der Waals surface area contributed by atoms with Gasteiger partial charge in [-0.3, -0.25) is 18.9 Å². The minimum Gasteiger partial charge on any atom is -0.497 e. The number of piperazine rings is 1. The number of methoxy groups -OCH3 is 1. The highest BCUT2D eigenvalue weighted by Gasteiger charge is 2.23. The molecule has 1 amide bonds. The van der Waals surface area contributed by atoms with Crippen molar-refractivity contribution in [2.24, 2.45) is 0 Å². The third kappa shape index (κ3) is 3.94. The number of thiazole rings is 1. The van der Waals surface area contributed by atoms with E-state index in [0.29, 0.717) is 31.0 Å². The standard InChI is InChI=1S/C22H22N4O4S/c1-29-17-2-3-18-15(14-30-19(18)12-17)10-20(27)25-6-4-24(5-7-25)13-16-11-21(28)26-8-9-31-22(26)23-16/h2-3,8-9,11-12,14H,4-7,10,13H2,1H3. The number of fused-ring (bicyclic) bond motifs is 2. The first-order valence-electron chi connectivity index (χ1n) is 10.1. The Kier molecular flexibility index (Phi) is 5.21. The highest BCUT2D eigenvalue weighted by Crippen LogP contribution is 2.26. The van der Waals surface area contributed by atoms with Crippen LogP contribution in [0.25, 0.3) is 15.9 Å². The number of hydrogen-bond acceptors (Lipinski definition) is 7. The minimum atomic E-state index is -0.0555. The van der Waals surface area contributed by atoms with Crippen LogP contribution in [0.15, 0.2) is 51.3 Å². The summed E-state index contributed by atoms with van der Waals surface area (Å²) in [6.45, 7) is 3.42. The Hall–Kier alpha value is -3.17. The molecule has 0 unspecified atom stereocenters. The van der Waals surface area contributed by atoms with E-state index in [2.05, 4.69) is 9.88 Å². The zero-order chi connectivity index (χ0) is 21.4. The quantitative estimate of drug-likeness (QED) is 0.476. The van der Waals surface area contributed by atoms with Gasteiger partial charge in [0.2, 0.25) is 5.91 Å². The normalized spacial score (nSPS) is 15.1. The van der Waals surface area contributed by atoms with E-state index in [1.54, 1.807) is 30.0 Å². The lowest BCUT2D eigenvalue weighted by Crippen LogP contribution is -2.48. The van der Waals surface area contributed by atoms with Gasteiger partial charge in [0.1, 0.15) is 11.3 Å². The molecule has 1 aromatic carbocycles. The number of hydrogen-bond donors (Lipinski definition) is 0. The maximum atomic E-state index is 12.8. The maximum Gasteiger partial charge on any atom is 0.258 e. The summed E-state index contributed by atoms with van der Waals surface area (Å²) in [6.07, 6.45) is 3.71. The van der Waals surface area contributed by atoms with E-state index in [1.165, 1.54) is 11.3 Å². The van der Waals surface area contributed by atoms with Crippen molar-refractivity contribution in [1.82, 2.24) is 19.2 Å². The first kappa shape index (κ1) is 19.8. The minimum absolute atomic E-state index is 0.0555. The van der Waals surface area contributed by atoms with Gasteiger partial charge in [-0.1, -0.05) is 0 Å². The van der Waals surface area contributed by atoms with Gasteiger partial charge < -0.3 is 14.1 Å². The second-order valence-corrected chi connectivity index (χ2v) is 8.47. The summed E-state index contributed by atoms with van der Waals surface area (Å²) in [4.78, 5) is 34.4. The van der Waals surface area contributed by atoms with Crippen LogP contribution in [0.4, 0.5) is 0 Å². The van der Waals surface area contributed by atoms with Crippen molar-refractivity contribution in [3.63, 3.8) is 0 Å². The number of benzene rings is 1. The van der Waals surface area contributed by atoms with Crippen molar-refractivity contribution in [1.29, 1.82) is 0 Å². The molecule has 4 heterocycles. The average molecular weight is 439 g/mol. The smallest absolute Gasteiger partial charge is 0.258 e. The topological polar surface area (TPSA) is 80.3 Å². The third-order valence-electron chi connectivity index (χ3n) is 5.67. The Morgan fingerprint density at radius 3 is 2.87 bits per heavy atom. The molecule has 8 nitrogen and oxygen atoms in total. The van der Waals surface area contributed by atoms with Crippen molar-refractivity contribution >= 4 is 33.2 Å². The van der Waals surface area contributed by atoms with Crippen LogP contribution >= 0.6 is 11.3 Å². The summed E-state index contributed by atoms with van der Waals surface area (Å²) in [5.41, 5.74) is 2.32. The van der Waals surface area contributed by atoms with Gasteiger partial charge in [-0.05, 0) is 12.1 Å². The van der Waals surface area contributed by atoms with Crippen molar-refractivity contribution in [3.05, 3.63) is 63.7 Å². The molecule has 0 saturated carbocycles. The zero-order valence-electron chi connectivity index (χ0n) is 17.1. The first-order chi connectivity index (χ1) is 15.1. The van der Waals surface area contributed by atoms with Crippen molar-refractivity contribution < 1.29 is 13.9 Å². The molecule has 5 rings (SSSR count). The summed E-state index contributed by atoms with van der Waals surface area (Å²) in [6, 6.07) is 7.22. The number of carbonyl (C=O) groups excluding carboxylic acids is 1. The second-order valence-electron chi connectivity index (χ2n) is 7.60. The molecule has 9 heteroatoms. The molecule has 1 aliphatic heterocycles. The van der Waals surface area contributed by atoms with Crippen molar-refractivity contribution in [2.75, 3.05) is 33.3 Å². The van der Waals surface area contributed by atoms with E-state index < -0.39 is 0 Å². The van der Waals surface area contributed by atoms with E-state index in [9.17, 15) is 9.59 Å². The highest BCUT2D eigenvalue weighted by molar-refractivity contribution is 7.15. The van der Waals surface area contributed by atoms with Crippen LogP contribution in [-0.4, -0.2) is 58.4 Å². The fourth-order valence-corrected chi connectivity index (χ4v) is 4.69. The van der Waals surface area contributed by atoms with Crippen molar-refractivity contribution in [2.45, 2.75) is 13.0 Å². The fraction of sp³-hybridized carbons (Fsp3) is 0.318. The Balaban J connectivity index is 1.20. The molecule has 1 saturated heterocycles. The molecular weight excluding hydrogens is 416 g/mol. The highest BCUT2D eigenvalue weighted by atomic mass is 32.1. The monoisotopic (exact) mass is 438 g/mol. The van der Waals surface area contributed by atoms with E-state index in [-0.39, 0.29) is 11.5 Å². The fourth-order valence-electron chi connectivity index (χ4n) is 3.96. The summed E-state index contributed by atoms with van der Waals surface area (Å²) < 4.78 is 12.4. The number of carbonyl (C=O) groups is 1. The molecule has 0 N–H and O–H groups in total. The maximum absolute atomic E-state index is 12.8. The number of nitrogens with zero attached hydrogens (tertiary/aromatic N) is 4. The predicted octanol–water partition coefficient (Wildman–Crippen LogP) is 2.40. The van der Waals surface area contributed by atoms with Gasteiger partial charge in [0.25, 0.3) is 5.56 Å². The predicted molar refractivity (Wildman–Crippen MR) is 118 cm³/mol. The van der Waals surface area contributed by atoms with Crippen LogP contribution in [0.5, 0.6) is 5.75 Å².